The van der Waals surface area contributed by atoms with Gasteiger partial charge in [-0.2, -0.15) is 0 Å². The fourth-order valence-corrected chi connectivity index (χ4v) is 2.65. The molecule has 0 N–H and O–H groups in total. The van der Waals surface area contributed by atoms with E-state index in [4.69, 9.17) is 4.42 Å². The molecule has 0 unspecified atom stereocenters. The lowest BCUT2D eigenvalue weighted by molar-refractivity contribution is -0.131. The topological polar surface area (TPSA) is 49.6 Å². The van der Waals surface area contributed by atoms with Crippen LogP contribution in [0.4, 0.5) is 10.1 Å². The average molecular weight is 303 g/mol. The minimum atomic E-state index is -0.223. The molecule has 1 saturated heterocycles. The standard InChI is InChI=1S/C16H18FN3O2/c1-12-15(22-11-18-12)10-16(21)20-8-6-19(7-9-20)14-5-3-2-4-13(14)17/h2-5,11H,6-10H2,1H3. The molecule has 1 aromatic carbocycles. The first kappa shape index (κ1) is 14.6. The predicted molar refractivity (Wildman–Crippen MR) is 80.1 cm³/mol. The number of anilines is 1. The van der Waals surface area contributed by atoms with E-state index in [0.29, 0.717) is 37.6 Å². The second-order valence-corrected chi connectivity index (χ2v) is 5.36. The van der Waals surface area contributed by atoms with Gasteiger partial charge in [0.05, 0.1) is 17.8 Å². The number of oxazole rings is 1. The van der Waals surface area contributed by atoms with Crippen LogP contribution in [-0.4, -0.2) is 42.0 Å². The zero-order valence-corrected chi connectivity index (χ0v) is 12.5. The summed E-state index contributed by atoms with van der Waals surface area (Å²) in [6.45, 7) is 4.24. The van der Waals surface area contributed by atoms with Crippen LogP contribution in [-0.2, 0) is 11.2 Å². The van der Waals surface area contributed by atoms with Gasteiger partial charge in [-0.05, 0) is 19.1 Å². The van der Waals surface area contributed by atoms with Crippen molar-refractivity contribution >= 4 is 11.6 Å². The molecule has 1 aliphatic rings. The first-order chi connectivity index (χ1) is 10.6. The van der Waals surface area contributed by atoms with Crippen LogP contribution in [0.25, 0.3) is 0 Å². The molecular formula is C16H18FN3O2. The highest BCUT2D eigenvalue weighted by Gasteiger charge is 2.23. The second-order valence-electron chi connectivity index (χ2n) is 5.36. The summed E-state index contributed by atoms with van der Waals surface area (Å²) in [4.78, 5) is 20.0. The molecule has 22 heavy (non-hydrogen) atoms. The van der Waals surface area contributed by atoms with Crippen LogP contribution in [0.3, 0.4) is 0 Å². The molecule has 1 aromatic heterocycles. The predicted octanol–water partition coefficient (Wildman–Crippen LogP) is 2.01. The molecule has 6 heteroatoms. The van der Waals surface area contributed by atoms with Gasteiger partial charge in [0.1, 0.15) is 11.6 Å². The quantitative estimate of drug-likeness (QED) is 0.870. The van der Waals surface area contributed by atoms with Gasteiger partial charge in [0, 0.05) is 26.2 Å². The van der Waals surface area contributed by atoms with Gasteiger partial charge < -0.3 is 14.2 Å². The molecule has 1 amide bonds. The van der Waals surface area contributed by atoms with Crippen molar-refractivity contribution in [2.45, 2.75) is 13.3 Å². The largest absolute Gasteiger partial charge is 0.448 e. The Bertz CT molecular complexity index is 663. The van der Waals surface area contributed by atoms with Gasteiger partial charge in [-0.15, -0.1) is 0 Å². The number of hydrogen-bond donors (Lipinski definition) is 0. The van der Waals surface area contributed by atoms with Crippen molar-refractivity contribution < 1.29 is 13.6 Å². The Balaban J connectivity index is 1.59. The number of rotatable bonds is 3. The summed E-state index contributed by atoms with van der Waals surface area (Å²) < 4.78 is 19.0. The Labute approximate surface area is 128 Å². The van der Waals surface area contributed by atoms with E-state index in [1.165, 1.54) is 12.5 Å². The molecule has 0 bridgehead atoms. The molecule has 116 valence electrons. The molecule has 0 radical (unpaired) electrons. The van der Waals surface area contributed by atoms with Gasteiger partial charge >= 0.3 is 0 Å². The number of hydrogen-bond acceptors (Lipinski definition) is 4. The number of halogens is 1. The highest BCUT2D eigenvalue weighted by atomic mass is 19.1. The third kappa shape index (κ3) is 2.95. The summed E-state index contributed by atoms with van der Waals surface area (Å²) in [6.07, 6.45) is 1.58. The number of aromatic nitrogens is 1. The number of carbonyl (C=O) groups excluding carboxylic acids is 1. The van der Waals surface area contributed by atoms with Crippen molar-refractivity contribution in [1.82, 2.24) is 9.88 Å². The van der Waals surface area contributed by atoms with Crippen LogP contribution in [0.1, 0.15) is 11.5 Å². The van der Waals surface area contributed by atoms with Crippen LogP contribution in [0.2, 0.25) is 0 Å². The average Bonchev–Trinajstić information content (AvgIpc) is 2.93. The molecule has 2 heterocycles. The molecule has 2 aromatic rings. The van der Waals surface area contributed by atoms with Crippen LogP contribution >= 0.6 is 0 Å². The van der Waals surface area contributed by atoms with Crippen LogP contribution in [0, 0.1) is 12.7 Å². The minimum absolute atomic E-state index is 0.0213. The normalized spacial score (nSPS) is 15.2. The van der Waals surface area contributed by atoms with E-state index >= 15 is 0 Å². The lowest BCUT2D eigenvalue weighted by Crippen LogP contribution is -2.49. The molecule has 0 aliphatic carbocycles. The van der Waals surface area contributed by atoms with Crippen molar-refractivity contribution in [2.75, 3.05) is 31.1 Å². The van der Waals surface area contributed by atoms with E-state index in [9.17, 15) is 9.18 Å². The van der Waals surface area contributed by atoms with E-state index in [2.05, 4.69) is 4.98 Å². The van der Waals surface area contributed by atoms with Crippen LogP contribution < -0.4 is 4.90 Å². The third-order valence-corrected chi connectivity index (χ3v) is 3.98. The zero-order valence-electron chi connectivity index (χ0n) is 12.5. The first-order valence-electron chi connectivity index (χ1n) is 7.31. The van der Waals surface area contributed by atoms with E-state index in [0.717, 1.165) is 5.69 Å². The number of carbonyl (C=O) groups is 1. The molecule has 0 saturated carbocycles. The van der Waals surface area contributed by atoms with Gasteiger partial charge in [-0.3, -0.25) is 4.79 Å². The highest BCUT2D eigenvalue weighted by molar-refractivity contribution is 5.78. The summed E-state index contributed by atoms with van der Waals surface area (Å²) in [6, 6.07) is 6.73. The monoisotopic (exact) mass is 303 g/mol. The van der Waals surface area contributed by atoms with Crippen molar-refractivity contribution in [3.63, 3.8) is 0 Å². The van der Waals surface area contributed by atoms with Crippen molar-refractivity contribution in [1.29, 1.82) is 0 Å². The minimum Gasteiger partial charge on any atom is -0.448 e. The van der Waals surface area contributed by atoms with E-state index < -0.39 is 0 Å². The molecule has 1 aliphatic heterocycles. The maximum atomic E-state index is 13.8. The third-order valence-electron chi connectivity index (χ3n) is 3.98. The van der Waals surface area contributed by atoms with E-state index in [1.54, 1.807) is 17.0 Å². The van der Waals surface area contributed by atoms with E-state index in [-0.39, 0.29) is 18.1 Å². The maximum absolute atomic E-state index is 13.8. The molecule has 5 nitrogen and oxygen atoms in total. The Morgan fingerprint density at radius 3 is 2.64 bits per heavy atom. The summed E-state index contributed by atoms with van der Waals surface area (Å²) in [5.74, 6) is 0.411. The Kier molecular flexibility index (Phi) is 4.09. The van der Waals surface area contributed by atoms with Crippen molar-refractivity contribution in [3.05, 3.63) is 47.9 Å². The SMILES string of the molecule is Cc1ncoc1CC(=O)N1CCN(c2ccccc2F)CC1. The Morgan fingerprint density at radius 1 is 1.27 bits per heavy atom. The molecule has 0 atom stereocenters. The molecule has 3 rings (SSSR count). The van der Waals surface area contributed by atoms with E-state index in [1.807, 2.05) is 17.9 Å². The number of nitrogens with zero attached hydrogens (tertiary/aromatic N) is 3. The number of para-hydroxylation sites is 1. The van der Waals surface area contributed by atoms with Crippen LogP contribution in [0.5, 0.6) is 0 Å². The number of aryl methyl sites for hydroxylation is 1. The molecule has 0 spiro atoms. The fraction of sp³-hybridized carbons (Fsp3) is 0.375. The van der Waals surface area contributed by atoms with Gasteiger partial charge in [-0.25, -0.2) is 9.37 Å². The summed E-state index contributed by atoms with van der Waals surface area (Å²) in [5, 5.41) is 0. The lowest BCUT2D eigenvalue weighted by Gasteiger charge is -2.36. The molecular weight excluding hydrogens is 285 g/mol. The Hall–Kier alpha value is -2.37. The smallest absolute Gasteiger partial charge is 0.230 e. The van der Waals surface area contributed by atoms with Crippen molar-refractivity contribution in [3.8, 4) is 0 Å². The number of piperazine rings is 1. The number of benzene rings is 1. The second kappa shape index (κ2) is 6.17. The lowest BCUT2D eigenvalue weighted by atomic mass is 10.2. The first-order valence-corrected chi connectivity index (χ1v) is 7.31. The summed E-state index contributed by atoms with van der Waals surface area (Å²) >= 11 is 0. The Morgan fingerprint density at radius 2 is 2.00 bits per heavy atom. The highest BCUT2D eigenvalue weighted by Crippen LogP contribution is 2.20. The summed E-state index contributed by atoms with van der Waals surface area (Å²) in [5.41, 5.74) is 1.35. The van der Waals surface area contributed by atoms with Gasteiger partial charge in [0.15, 0.2) is 6.39 Å². The van der Waals surface area contributed by atoms with Crippen LogP contribution in [0.15, 0.2) is 35.1 Å². The zero-order chi connectivity index (χ0) is 15.5. The van der Waals surface area contributed by atoms with Gasteiger partial charge in [0.25, 0.3) is 0 Å². The summed E-state index contributed by atoms with van der Waals surface area (Å²) in [7, 11) is 0. The fourth-order valence-electron chi connectivity index (χ4n) is 2.65. The number of amides is 1. The maximum Gasteiger partial charge on any atom is 0.230 e. The van der Waals surface area contributed by atoms with Crippen molar-refractivity contribution in [2.24, 2.45) is 0 Å². The van der Waals surface area contributed by atoms with Gasteiger partial charge in [0.2, 0.25) is 5.91 Å². The van der Waals surface area contributed by atoms with Gasteiger partial charge in [-0.1, -0.05) is 12.1 Å². The molecule has 1 fully saturated rings.